The number of carbonyl (C=O) groups is 1. The summed E-state index contributed by atoms with van der Waals surface area (Å²) in [5.74, 6) is 0.0192. The van der Waals surface area contributed by atoms with Gasteiger partial charge in [-0.05, 0) is 37.1 Å². The van der Waals surface area contributed by atoms with Crippen LogP contribution in [0, 0.1) is 0 Å². The van der Waals surface area contributed by atoms with Crippen LogP contribution in [0.4, 0.5) is 5.69 Å². The molecule has 0 radical (unpaired) electrons. The maximum Gasteiger partial charge on any atom is 0.251 e. The highest BCUT2D eigenvalue weighted by Gasteiger charge is 2.23. The molecule has 104 valence electrons. The summed E-state index contributed by atoms with van der Waals surface area (Å²) in [5.41, 5.74) is 2.82. The molecule has 1 aromatic carbocycles. The maximum absolute atomic E-state index is 11.9. The van der Waals surface area contributed by atoms with Gasteiger partial charge in [-0.25, -0.2) is 4.98 Å². The Morgan fingerprint density at radius 3 is 2.70 bits per heavy atom. The first-order chi connectivity index (χ1) is 9.72. The number of anilines is 1. The highest BCUT2D eigenvalue weighted by Crippen LogP contribution is 2.19. The van der Waals surface area contributed by atoms with E-state index in [0.29, 0.717) is 18.2 Å². The number of imidazole rings is 1. The third-order valence-corrected chi connectivity index (χ3v) is 3.45. The molecule has 0 atom stereocenters. The quantitative estimate of drug-likeness (QED) is 0.872. The molecule has 3 rings (SSSR count). The molecule has 0 bridgehead atoms. The van der Waals surface area contributed by atoms with Crippen LogP contribution in [0.15, 0.2) is 36.8 Å². The van der Waals surface area contributed by atoms with Crippen LogP contribution in [-0.2, 0) is 13.6 Å². The first kappa shape index (κ1) is 12.7. The Morgan fingerprint density at radius 2 is 2.10 bits per heavy atom. The second-order valence-electron chi connectivity index (χ2n) is 5.17. The minimum Gasteiger partial charge on any atom is -0.379 e. The summed E-state index contributed by atoms with van der Waals surface area (Å²) in [7, 11) is 1.97. The molecule has 1 aliphatic rings. The average Bonchev–Trinajstić information content (AvgIpc) is 3.18. The predicted octanol–water partition coefficient (Wildman–Crippen LogP) is 1.92. The summed E-state index contributed by atoms with van der Waals surface area (Å²) in [5, 5.41) is 6.30. The first-order valence-corrected chi connectivity index (χ1v) is 6.82. The second kappa shape index (κ2) is 5.36. The summed E-state index contributed by atoms with van der Waals surface area (Å²) in [6.45, 7) is 0.712. The van der Waals surface area contributed by atoms with E-state index in [0.717, 1.165) is 24.2 Å². The van der Waals surface area contributed by atoms with Gasteiger partial charge in [0, 0.05) is 30.5 Å². The van der Waals surface area contributed by atoms with Crippen molar-refractivity contribution in [3.05, 3.63) is 48.0 Å². The van der Waals surface area contributed by atoms with Gasteiger partial charge in [0.15, 0.2) is 0 Å². The predicted molar refractivity (Wildman–Crippen MR) is 77.5 cm³/mol. The van der Waals surface area contributed by atoms with Crippen LogP contribution < -0.4 is 10.6 Å². The fraction of sp³-hybridized carbons (Fsp3) is 0.333. The maximum atomic E-state index is 11.9. The molecule has 1 heterocycles. The van der Waals surface area contributed by atoms with Gasteiger partial charge in [-0.15, -0.1) is 0 Å². The van der Waals surface area contributed by atoms with Crippen molar-refractivity contribution in [2.45, 2.75) is 25.4 Å². The monoisotopic (exact) mass is 270 g/mol. The average molecular weight is 270 g/mol. The van der Waals surface area contributed by atoms with Crippen LogP contribution >= 0.6 is 0 Å². The van der Waals surface area contributed by atoms with E-state index in [1.54, 1.807) is 6.33 Å². The third-order valence-electron chi connectivity index (χ3n) is 3.45. The molecular weight excluding hydrogens is 252 g/mol. The summed E-state index contributed by atoms with van der Waals surface area (Å²) >= 11 is 0. The van der Waals surface area contributed by atoms with Crippen LogP contribution in [0.5, 0.6) is 0 Å². The zero-order chi connectivity index (χ0) is 13.9. The van der Waals surface area contributed by atoms with Gasteiger partial charge in [-0.2, -0.15) is 0 Å². The largest absolute Gasteiger partial charge is 0.379 e. The Bertz CT molecular complexity index is 599. The number of hydrogen-bond donors (Lipinski definition) is 2. The van der Waals surface area contributed by atoms with E-state index in [1.807, 2.05) is 42.1 Å². The lowest BCUT2D eigenvalue weighted by atomic mass is 10.2. The fourth-order valence-electron chi connectivity index (χ4n) is 1.98. The molecule has 2 aromatic rings. The van der Waals surface area contributed by atoms with Gasteiger partial charge in [0.2, 0.25) is 0 Å². The molecule has 1 amide bonds. The molecular formula is C15H18N4O. The normalized spacial score (nSPS) is 14.1. The molecule has 5 heteroatoms. The van der Waals surface area contributed by atoms with Crippen molar-refractivity contribution in [1.82, 2.24) is 14.9 Å². The SMILES string of the molecule is Cn1cncc1CNc1ccc(C(=O)NC2CC2)cc1. The smallest absolute Gasteiger partial charge is 0.251 e. The van der Waals surface area contributed by atoms with Crippen molar-refractivity contribution < 1.29 is 4.79 Å². The van der Waals surface area contributed by atoms with Crippen LogP contribution in [0.1, 0.15) is 28.9 Å². The minimum absolute atomic E-state index is 0.0192. The van der Waals surface area contributed by atoms with E-state index >= 15 is 0 Å². The number of carbonyl (C=O) groups excluding carboxylic acids is 1. The fourth-order valence-corrected chi connectivity index (χ4v) is 1.98. The Balaban J connectivity index is 1.58. The van der Waals surface area contributed by atoms with E-state index in [4.69, 9.17) is 0 Å². The topological polar surface area (TPSA) is 59.0 Å². The Morgan fingerprint density at radius 1 is 1.35 bits per heavy atom. The number of rotatable bonds is 5. The van der Waals surface area contributed by atoms with Gasteiger partial charge in [0.25, 0.3) is 5.91 Å². The van der Waals surface area contributed by atoms with E-state index in [2.05, 4.69) is 15.6 Å². The van der Waals surface area contributed by atoms with Gasteiger partial charge in [-0.1, -0.05) is 0 Å². The number of nitrogens with zero attached hydrogens (tertiary/aromatic N) is 2. The molecule has 1 fully saturated rings. The van der Waals surface area contributed by atoms with Crippen LogP contribution in [0.2, 0.25) is 0 Å². The van der Waals surface area contributed by atoms with Crippen molar-refractivity contribution in [2.24, 2.45) is 7.05 Å². The molecule has 5 nitrogen and oxygen atoms in total. The van der Waals surface area contributed by atoms with Crippen LogP contribution in [-0.4, -0.2) is 21.5 Å². The number of nitrogens with one attached hydrogen (secondary N) is 2. The van der Waals surface area contributed by atoms with Gasteiger partial charge < -0.3 is 15.2 Å². The van der Waals surface area contributed by atoms with Crippen molar-refractivity contribution in [2.75, 3.05) is 5.32 Å². The van der Waals surface area contributed by atoms with Gasteiger partial charge >= 0.3 is 0 Å². The summed E-state index contributed by atoms with van der Waals surface area (Å²) in [4.78, 5) is 15.9. The molecule has 20 heavy (non-hydrogen) atoms. The van der Waals surface area contributed by atoms with Crippen LogP contribution in [0.3, 0.4) is 0 Å². The van der Waals surface area contributed by atoms with E-state index < -0.39 is 0 Å². The molecule has 2 N–H and O–H groups in total. The highest BCUT2D eigenvalue weighted by molar-refractivity contribution is 5.94. The lowest BCUT2D eigenvalue weighted by molar-refractivity contribution is 0.0951. The number of aromatic nitrogens is 2. The molecule has 1 aromatic heterocycles. The first-order valence-electron chi connectivity index (χ1n) is 6.82. The molecule has 0 spiro atoms. The van der Waals surface area contributed by atoms with E-state index in [1.165, 1.54) is 0 Å². The molecule has 1 aliphatic carbocycles. The Labute approximate surface area is 118 Å². The van der Waals surface area contributed by atoms with Gasteiger partial charge in [-0.3, -0.25) is 4.79 Å². The summed E-state index contributed by atoms with van der Waals surface area (Å²) < 4.78 is 1.98. The Hall–Kier alpha value is -2.30. The molecule has 0 unspecified atom stereocenters. The molecule has 0 aliphatic heterocycles. The van der Waals surface area contributed by atoms with Crippen molar-refractivity contribution in [1.29, 1.82) is 0 Å². The summed E-state index contributed by atoms with van der Waals surface area (Å²) in [6.07, 6.45) is 5.83. The molecule has 1 saturated carbocycles. The number of benzene rings is 1. The van der Waals surface area contributed by atoms with Crippen molar-refractivity contribution in [3.8, 4) is 0 Å². The lowest BCUT2D eigenvalue weighted by Crippen LogP contribution is -2.25. The number of amides is 1. The zero-order valence-electron chi connectivity index (χ0n) is 11.5. The zero-order valence-corrected chi connectivity index (χ0v) is 11.5. The number of aryl methyl sites for hydroxylation is 1. The standard InChI is InChI=1S/C15H18N4O/c1-19-10-16-8-14(19)9-17-12-4-2-11(3-5-12)15(20)18-13-6-7-13/h2-5,8,10,13,17H,6-7,9H2,1H3,(H,18,20). The molecule has 0 saturated heterocycles. The second-order valence-corrected chi connectivity index (χ2v) is 5.17. The summed E-state index contributed by atoms with van der Waals surface area (Å²) in [6, 6.07) is 7.95. The lowest BCUT2D eigenvalue weighted by Gasteiger charge is -2.08. The van der Waals surface area contributed by atoms with Crippen molar-refractivity contribution >= 4 is 11.6 Å². The van der Waals surface area contributed by atoms with E-state index in [-0.39, 0.29) is 5.91 Å². The van der Waals surface area contributed by atoms with Crippen LogP contribution in [0.25, 0.3) is 0 Å². The van der Waals surface area contributed by atoms with E-state index in [9.17, 15) is 4.79 Å². The Kier molecular flexibility index (Phi) is 3.41. The highest BCUT2D eigenvalue weighted by atomic mass is 16.1. The van der Waals surface area contributed by atoms with Crippen molar-refractivity contribution in [3.63, 3.8) is 0 Å². The van der Waals surface area contributed by atoms with Gasteiger partial charge in [0.05, 0.1) is 18.6 Å². The number of hydrogen-bond acceptors (Lipinski definition) is 3. The third kappa shape index (κ3) is 2.99. The van der Waals surface area contributed by atoms with Gasteiger partial charge in [0.1, 0.15) is 0 Å². The minimum atomic E-state index is 0.0192.